The maximum absolute atomic E-state index is 10.7. The molecule has 0 spiro atoms. The molecule has 0 bridgehead atoms. The van der Waals surface area contributed by atoms with Crippen molar-refractivity contribution in [3.05, 3.63) is 24.0 Å². The Morgan fingerprint density at radius 2 is 2.47 bits per heavy atom. The van der Waals surface area contributed by atoms with Crippen LogP contribution in [0.1, 0.15) is 31.4 Å². The fourth-order valence-corrected chi connectivity index (χ4v) is 1.99. The molecule has 0 fully saturated rings. The zero-order valence-electron chi connectivity index (χ0n) is 8.51. The monoisotopic (exact) mass is 207 g/mol. The Morgan fingerprint density at radius 3 is 3.13 bits per heavy atom. The van der Waals surface area contributed by atoms with Gasteiger partial charge >= 0.3 is 5.97 Å². The number of hydrogen-bond acceptors (Lipinski definition) is 3. The summed E-state index contributed by atoms with van der Waals surface area (Å²) >= 11 is 0. The van der Waals surface area contributed by atoms with E-state index < -0.39 is 5.97 Å². The van der Waals surface area contributed by atoms with E-state index in [4.69, 9.17) is 9.84 Å². The predicted octanol–water partition coefficient (Wildman–Crippen LogP) is 1.81. The Hall–Kier alpha value is -1.58. The fraction of sp³-hybridized carbons (Fsp3) is 0.455. The minimum Gasteiger partial charge on any atom is -0.488 e. The standard InChI is InChI=1S/C11H13NO3/c1-2-8-7(6-10(13)14)11-9(15-8)4-3-5-12-11/h3-5,7-8H,2,6H2,1H3,(H,13,14). The van der Waals surface area contributed by atoms with E-state index in [2.05, 4.69) is 4.98 Å². The number of carbonyl (C=O) groups is 1. The van der Waals surface area contributed by atoms with Crippen LogP contribution < -0.4 is 4.74 Å². The third-order valence-corrected chi connectivity index (χ3v) is 2.67. The van der Waals surface area contributed by atoms with Gasteiger partial charge in [-0.25, -0.2) is 0 Å². The molecule has 2 atom stereocenters. The minimum absolute atomic E-state index is 0.0500. The van der Waals surface area contributed by atoms with Crippen LogP contribution in [-0.2, 0) is 4.79 Å². The molecule has 1 aliphatic rings. The minimum atomic E-state index is -0.805. The van der Waals surface area contributed by atoms with Crippen molar-refractivity contribution in [2.75, 3.05) is 0 Å². The summed E-state index contributed by atoms with van der Waals surface area (Å²) in [6, 6.07) is 3.64. The number of pyridine rings is 1. The lowest BCUT2D eigenvalue weighted by molar-refractivity contribution is -0.137. The second-order valence-corrected chi connectivity index (χ2v) is 3.66. The third kappa shape index (κ3) is 1.79. The van der Waals surface area contributed by atoms with Crippen LogP contribution in [0.25, 0.3) is 0 Å². The molecular formula is C11H13NO3. The van der Waals surface area contributed by atoms with E-state index in [1.54, 1.807) is 12.3 Å². The Morgan fingerprint density at radius 1 is 1.67 bits per heavy atom. The Kier molecular flexibility index (Phi) is 2.58. The summed E-state index contributed by atoms with van der Waals surface area (Å²) in [7, 11) is 0. The van der Waals surface area contributed by atoms with Crippen molar-refractivity contribution in [3.8, 4) is 5.75 Å². The number of carboxylic acid groups (broad SMARTS) is 1. The first-order chi connectivity index (χ1) is 7.22. The molecule has 0 aromatic carbocycles. The largest absolute Gasteiger partial charge is 0.488 e. The van der Waals surface area contributed by atoms with Crippen molar-refractivity contribution < 1.29 is 14.6 Å². The van der Waals surface area contributed by atoms with Crippen molar-refractivity contribution in [1.82, 2.24) is 4.98 Å². The first-order valence-electron chi connectivity index (χ1n) is 5.05. The third-order valence-electron chi connectivity index (χ3n) is 2.67. The molecule has 1 N–H and O–H groups in total. The topological polar surface area (TPSA) is 59.4 Å². The van der Waals surface area contributed by atoms with Crippen LogP contribution in [0.4, 0.5) is 0 Å². The van der Waals surface area contributed by atoms with Crippen molar-refractivity contribution >= 4 is 5.97 Å². The lowest BCUT2D eigenvalue weighted by Crippen LogP contribution is -2.20. The number of aromatic nitrogens is 1. The quantitative estimate of drug-likeness (QED) is 0.821. The molecule has 2 heterocycles. The van der Waals surface area contributed by atoms with Crippen molar-refractivity contribution in [2.24, 2.45) is 0 Å². The lowest BCUT2D eigenvalue weighted by atomic mass is 9.95. The van der Waals surface area contributed by atoms with E-state index in [9.17, 15) is 4.79 Å². The number of fused-ring (bicyclic) bond motifs is 1. The Labute approximate surface area is 87.9 Å². The normalized spacial score (nSPS) is 23.3. The van der Waals surface area contributed by atoms with Crippen LogP contribution in [0.5, 0.6) is 5.75 Å². The molecule has 0 amide bonds. The van der Waals surface area contributed by atoms with Gasteiger partial charge in [0.25, 0.3) is 0 Å². The number of hydrogen-bond donors (Lipinski definition) is 1. The molecule has 0 aliphatic carbocycles. The van der Waals surface area contributed by atoms with Gasteiger partial charge in [0, 0.05) is 6.20 Å². The Bertz CT molecular complexity index is 378. The number of aliphatic carboxylic acids is 1. The van der Waals surface area contributed by atoms with Crippen LogP contribution >= 0.6 is 0 Å². The first kappa shape index (κ1) is 9.96. The molecule has 15 heavy (non-hydrogen) atoms. The highest BCUT2D eigenvalue weighted by atomic mass is 16.5. The van der Waals surface area contributed by atoms with Crippen LogP contribution in [0, 0.1) is 0 Å². The van der Waals surface area contributed by atoms with E-state index >= 15 is 0 Å². The zero-order valence-corrected chi connectivity index (χ0v) is 8.51. The maximum atomic E-state index is 10.7. The average Bonchev–Trinajstić information content (AvgIpc) is 2.56. The molecule has 4 heteroatoms. The molecule has 0 saturated heterocycles. The van der Waals surface area contributed by atoms with Gasteiger partial charge in [0.2, 0.25) is 0 Å². The van der Waals surface area contributed by atoms with Crippen molar-refractivity contribution in [1.29, 1.82) is 0 Å². The second-order valence-electron chi connectivity index (χ2n) is 3.66. The highest BCUT2D eigenvalue weighted by Crippen LogP contribution is 2.39. The van der Waals surface area contributed by atoms with E-state index in [0.29, 0.717) is 0 Å². The van der Waals surface area contributed by atoms with Gasteiger partial charge in [-0.1, -0.05) is 6.92 Å². The molecule has 1 aliphatic heterocycles. The number of nitrogens with zero attached hydrogens (tertiary/aromatic N) is 1. The summed E-state index contributed by atoms with van der Waals surface area (Å²) in [5, 5.41) is 8.83. The lowest BCUT2D eigenvalue weighted by Gasteiger charge is -2.14. The number of carboxylic acids is 1. The van der Waals surface area contributed by atoms with Crippen LogP contribution in [-0.4, -0.2) is 22.2 Å². The van der Waals surface area contributed by atoms with E-state index in [0.717, 1.165) is 17.9 Å². The molecule has 1 aromatic rings. The summed E-state index contributed by atoms with van der Waals surface area (Å²) in [6.07, 6.45) is 2.51. The van der Waals surface area contributed by atoms with Crippen molar-refractivity contribution in [3.63, 3.8) is 0 Å². The van der Waals surface area contributed by atoms with E-state index in [1.165, 1.54) is 0 Å². The number of rotatable bonds is 3. The maximum Gasteiger partial charge on any atom is 0.304 e. The average molecular weight is 207 g/mol. The van der Waals surface area contributed by atoms with Crippen LogP contribution in [0.3, 0.4) is 0 Å². The first-order valence-corrected chi connectivity index (χ1v) is 5.05. The summed E-state index contributed by atoms with van der Waals surface area (Å²) in [5.74, 6) is -0.181. The molecule has 80 valence electrons. The highest BCUT2D eigenvalue weighted by Gasteiger charge is 2.35. The second kappa shape index (κ2) is 3.88. The predicted molar refractivity (Wildman–Crippen MR) is 53.9 cm³/mol. The van der Waals surface area contributed by atoms with E-state index in [1.807, 2.05) is 13.0 Å². The summed E-state index contributed by atoms with van der Waals surface area (Å²) in [5.41, 5.74) is 0.784. The van der Waals surface area contributed by atoms with Gasteiger partial charge in [0.15, 0.2) is 0 Å². The summed E-state index contributed by atoms with van der Waals surface area (Å²) in [4.78, 5) is 14.9. The summed E-state index contributed by atoms with van der Waals surface area (Å²) in [6.45, 7) is 1.99. The SMILES string of the molecule is CCC1Oc2cccnc2C1CC(=O)O. The molecular weight excluding hydrogens is 194 g/mol. The number of ether oxygens (including phenoxy) is 1. The van der Waals surface area contributed by atoms with Gasteiger partial charge in [-0.15, -0.1) is 0 Å². The zero-order chi connectivity index (χ0) is 10.8. The highest BCUT2D eigenvalue weighted by molar-refractivity contribution is 5.68. The summed E-state index contributed by atoms with van der Waals surface area (Å²) < 4.78 is 5.64. The van der Waals surface area contributed by atoms with Crippen LogP contribution in [0.2, 0.25) is 0 Å². The fourth-order valence-electron chi connectivity index (χ4n) is 1.99. The van der Waals surface area contributed by atoms with E-state index in [-0.39, 0.29) is 18.4 Å². The molecule has 2 rings (SSSR count). The Balaban J connectivity index is 2.29. The molecule has 0 radical (unpaired) electrons. The molecule has 1 aromatic heterocycles. The van der Waals surface area contributed by atoms with Gasteiger partial charge in [-0.2, -0.15) is 0 Å². The van der Waals surface area contributed by atoms with Gasteiger partial charge < -0.3 is 9.84 Å². The molecule has 2 unspecified atom stereocenters. The van der Waals surface area contributed by atoms with Crippen LogP contribution in [0.15, 0.2) is 18.3 Å². The van der Waals surface area contributed by atoms with Gasteiger partial charge in [-0.05, 0) is 18.6 Å². The van der Waals surface area contributed by atoms with Gasteiger partial charge in [0.05, 0.1) is 18.0 Å². The van der Waals surface area contributed by atoms with Gasteiger partial charge in [0.1, 0.15) is 11.9 Å². The van der Waals surface area contributed by atoms with Gasteiger partial charge in [-0.3, -0.25) is 9.78 Å². The molecule has 4 nitrogen and oxygen atoms in total. The van der Waals surface area contributed by atoms with Crippen molar-refractivity contribution in [2.45, 2.75) is 31.8 Å². The smallest absolute Gasteiger partial charge is 0.304 e. The molecule has 0 saturated carbocycles.